The Kier molecular flexibility index (Phi) is 5.54. The van der Waals surface area contributed by atoms with Crippen molar-refractivity contribution in [2.75, 3.05) is 13.7 Å². The summed E-state index contributed by atoms with van der Waals surface area (Å²) < 4.78 is 15.7. The van der Waals surface area contributed by atoms with Gasteiger partial charge < -0.3 is 14.2 Å². The normalized spacial score (nSPS) is 21.4. The average molecular weight is 368 g/mol. The number of carbonyl (C=O) groups excluding carboxylic acids is 3. The van der Waals surface area contributed by atoms with E-state index in [0.717, 1.165) is 0 Å². The maximum absolute atomic E-state index is 12.9. The minimum absolute atomic E-state index is 0.144. The molecule has 0 aromatic heterocycles. The van der Waals surface area contributed by atoms with Gasteiger partial charge in [0.25, 0.3) is 0 Å². The van der Waals surface area contributed by atoms with E-state index in [-0.39, 0.29) is 6.61 Å². The van der Waals surface area contributed by atoms with Crippen LogP contribution in [0.1, 0.15) is 28.9 Å². The maximum atomic E-state index is 12.9. The van der Waals surface area contributed by atoms with Crippen LogP contribution in [0.5, 0.6) is 5.75 Å². The highest BCUT2D eigenvalue weighted by atomic mass is 16.6. The number of benzene rings is 2. The molecule has 0 radical (unpaired) electrons. The topological polar surface area (TPSA) is 78.9 Å². The summed E-state index contributed by atoms with van der Waals surface area (Å²) in [6.45, 7) is 1.82. The molecule has 1 saturated heterocycles. The summed E-state index contributed by atoms with van der Waals surface area (Å²) in [5.41, 5.74) is 0.953. The average Bonchev–Trinajstić information content (AvgIpc) is 3.05. The first-order valence-corrected chi connectivity index (χ1v) is 8.67. The zero-order chi connectivity index (χ0) is 19.4. The summed E-state index contributed by atoms with van der Waals surface area (Å²) >= 11 is 0. The van der Waals surface area contributed by atoms with Gasteiger partial charge in [-0.25, -0.2) is 0 Å². The largest absolute Gasteiger partial charge is 0.497 e. The Morgan fingerprint density at radius 2 is 1.70 bits per heavy atom. The summed E-state index contributed by atoms with van der Waals surface area (Å²) in [6, 6.07) is 15.2. The Bertz CT molecular complexity index is 828. The first-order chi connectivity index (χ1) is 13.1. The second kappa shape index (κ2) is 8.03. The third-order valence-electron chi connectivity index (χ3n) is 4.53. The van der Waals surface area contributed by atoms with Crippen molar-refractivity contribution >= 4 is 17.7 Å². The van der Waals surface area contributed by atoms with Crippen molar-refractivity contribution in [2.45, 2.75) is 13.0 Å². The van der Waals surface area contributed by atoms with Crippen LogP contribution in [0.2, 0.25) is 0 Å². The maximum Gasteiger partial charge on any atom is 0.318 e. The summed E-state index contributed by atoms with van der Waals surface area (Å²) in [5, 5.41) is 0. The van der Waals surface area contributed by atoms with Crippen molar-refractivity contribution in [1.29, 1.82) is 0 Å². The molecule has 1 aliphatic rings. The molecule has 0 spiro atoms. The van der Waals surface area contributed by atoms with E-state index in [9.17, 15) is 14.4 Å². The predicted molar refractivity (Wildman–Crippen MR) is 96.2 cm³/mol. The van der Waals surface area contributed by atoms with Gasteiger partial charge in [0.2, 0.25) is 0 Å². The monoisotopic (exact) mass is 368 g/mol. The number of hydrogen-bond donors (Lipinski definition) is 0. The van der Waals surface area contributed by atoms with Crippen molar-refractivity contribution in [3.8, 4) is 5.75 Å². The summed E-state index contributed by atoms with van der Waals surface area (Å²) in [5.74, 6) is -3.44. The molecule has 1 aliphatic heterocycles. The number of rotatable bonds is 6. The Morgan fingerprint density at radius 3 is 2.30 bits per heavy atom. The molecular weight excluding hydrogens is 348 g/mol. The zero-order valence-electron chi connectivity index (χ0n) is 15.1. The lowest BCUT2D eigenvalue weighted by atomic mass is 9.82. The fraction of sp³-hybridized carbons (Fsp3) is 0.286. The molecule has 6 nitrogen and oxygen atoms in total. The molecule has 27 heavy (non-hydrogen) atoms. The molecule has 2 aromatic rings. The molecule has 0 unspecified atom stereocenters. The highest BCUT2D eigenvalue weighted by Gasteiger charge is 2.53. The van der Waals surface area contributed by atoms with Crippen LogP contribution in [0.25, 0.3) is 0 Å². The lowest BCUT2D eigenvalue weighted by molar-refractivity contribution is -0.150. The first kappa shape index (κ1) is 18.6. The molecular formula is C21H20O6. The number of methoxy groups -OCH3 is 1. The molecule has 6 heteroatoms. The molecule has 0 N–H and O–H groups in total. The Balaban J connectivity index is 1.98. The third-order valence-corrected chi connectivity index (χ3v) is 4.53. The van der Waals surface area contributed by atoms with E-state index in [1.165, 1.54) is 0 Å². The Hall–Kier alpha value is -3.15. The molecule has 0 bridgehead atoms. The van der Waals surface area contributed by atoms with Gasteiger partial charge in [-0.05, 0) is 24.6 Å². The first-order valence-electron chi connectivity index (χ1n) is 8.67. The SMILES string of the molecule is CCOC(=O)[C@H]1[C@H](C(=O)c2ccccc2)C(=O)O[C@H]1c1ccc(OC)cc1. The fourth-order valence-electron chi connectivity index (χ4n) is 3.21. The van der Waals surface area contributed by atoms with E-state index in [2.05, 4.69) is 0 Å². The van der Waals surface area contributed by atoms with Crippen LogP contribution in [0.4, 0.5) is 0 Å². The molecule has 1 heterocycles. The van der Waals surface area contributed by atoms with E-state index in [0.29, 0.717) is 16.9 Å². The van der Waals surface area contributed by atoms with Crippen LogP contribution < -0.4 is 4.74 Å². The van der Waals surface area contributed by atoms with Crippen LogP contribution in [0, 0.1) is 11.8 Å². The van der Waals surface area contributed by atoms with Gasteiger partial charge in [0.1, 0.15) is 23.7 Å². The van der Waals surface area contributed by atoms with E-state index >= 15 is 0 Å². The third kappa shape index (κ3) is 3.69. The minimum atomic E-state index is -1.24. The van der Waals surface area contributed by atoms with Gasteiger partial charge in [-0.2, -0.15) is 0 Å². The molecule has 0 aliphatic carbocycles. The van der Waals surface area contributed by atoms with Crippen LogP contribution >= 0.6 is 0 Å². The predicted octanol–water partition coefficient (Wildman–Crippen LogP) is 2.97. The molecule has 2 aromatic carbocycles. The number of esters is 2. The van der Waals surface area contributed by atoms with Gasteiger partial charge in [-0.15, -0.1) is 0 Å². The second-order valence-electron chi connectivity index (χ2n) is 6.12. The van der Waals surface area contributed by atoms with Gasteiger partial charge >= 0.3 is 11.9 Å². The molecule has 1 fully saturated rings. The summed E-state index contributed by atoms with van der Waals surface area (Å²) in [6.07, 6.45) is -0.889. The highest BCUT2D eigenvalue weighted by molar-refractivity contribution is 6.12. The highest BCUT2D eigenvalue weighted by Crippen LogP contribution is 2.42. The van der Waals surface area contributed by atoms with Crippen molar-refractivity contribution < 1.29 is 28.6 Å². The molecule has 3 rings (SSSR count). The lowest BCUT2D eigenvalue weighted by Gasteiger charge is -2.19. The van der Waals surface area contributed by atoms with Crippen LogP contribution in [0.15, 0.2) is 54.6 Å². The number of carbonyl (C=O) groups is 3. The number of hydrogen-bond acceptors (Lipinski definition) is 6. The quantitative estimate of drug-likeness (QED) is 0.443. The molecule has 0 amide bonds. The van der Waals surface area contributed by atoms with E-state index < -0.39 is 35.7 Å². The summed E-state index contributed by atoms with van der Waals surface area (Å²) in [4.78, 5) is 38.1. The fourth-order valence-corrected chi connectivity index (χ4v) is 3.21. The summed E-state index contributed by atoms with van der Waals surface area (Å²) in [7, 11) is 1.54. The molecule has 0 saturated carbocycles. The molecule has 3 atom stereocenters. The van der Waals surface area contributed by atoms with E-state index in [4.69, 9.17) is 14.2 Å². The minimum Gasteiger partial charge on any atom is -0.497 e. The van der Waals surface area contributed by atoms with Crippen molar-refractivity contribution in [3.05, 3.63) is 65.7 Å². The lowest BCUT2D eigenvalue weighted by Crippen LogP contribution is -2.33. The van der Waals surface area contributed by atoms with E-state index in [1.54, 1.807) is 68.6 Å². The number of cyclic esters (lactones) is 1. The van der Waals surface area contributed by atoms with Crippen LogP contribution in [-0.4, -0.2) is 31.4 Å². The van der Waals surface area contributed by atoms with Gasteiger partial charge in [0.15, 0.2) is 5.78 Å². The standard InChI is InChI=1S/C21H20O6/c1-3-26-20(23)17-16(18(22)13-7-5-4-6-8-13)21(24)27-19(17)14-9-11-15(25-2)12-10-14/h4-12,16-17,19H,3H2,1-2H3/t16-,17+,19+/m1/s1. The smallest absolute Gasteiger partial charge is 0.318 e. The zero-order valence-corrected chi connectivity index (χ0v) is 15.1. The van der Waals surface area contributed by atoms with Crippen molar-refractivity contribution in [2.24, 2.45) is 11.8 Å². The number of ether oxygens (including phenoxy) is 3. The van der Waals surface area contributed by atoms with Crippen molar-refractivity contribution in [3.63, 3.8) is 0 Å². The van der Waals surface area contributed by atoms with Crippen LogP contribution in [-0.2, 0) is 19.1 Å². The van der Waals surface area contributed by atoms with Crippen LogP contribution in [0.3, 0.4) is 0 Å². The Labute approximate surface area is 157 Å². The van der Waals surface area contributed by atoms with Gasteiger partial charge in [0.05, 0.1) is 13.7 Å². The molecule has 140 valence electrons. The van der Waals surface area contributed by atoms with Gasteiger partial charge in [-0.3, -0.25) is 14.4 Å². The number of Topliss-reactive ketones (excluding diaryl/α,β-unsaturated/α-hetero) is 1. The Morgan fingerprint density at radius 1 is 1.04 bits per heavy atom. The second-order valence-corrected chi connectivity index (χ2v) is 6.12. The van der Waals surface area contributed by atoms with Crippen molar-refractivity contribution in [1.82, 2.24) is 0 Å². The number of ketones is 1. The van der Waals surface area contributed by atoms with Gasteiger partial charge in [-0.1, -0.05) is 42.5 Å². The van der Waals surface area contributed by atoms with E-state index in [1.807, 2.05) is 0 Å². The van der Waals surface area contributed by atoms with Gasteiger partial charge in [0, 0.05) is 5.56 Å².